The number of halogens is 3. The summed E-state index contributed by atoms with van der Waals surface area (Å²) in [6, 6.07) is -0.956. The van der Waals surface area contributed by atoms with Crippen molar-refractivity contribution in [2.75, 3.05) is 13.2 Å². The Balaban J connectivity index is 2.05. The zero-order chi connectivity index (χ0) is 17.0. The van der Waals surface area contributed by atoms with Gasteiger partial charge < -0.3 is 10.4 Å². The molecule has 1 aliphatic heterocycles. The maximum atomic E-state index is 13.0. The molecule has 2 rings (SSSR count). The number of β-amino-alcohol motifs (C(OH)–C–C–N with tert-alkyl or cyclic N) is 1. The lowest BCUT2D eigenvalue weighted by molar-refractivity contribution is -0.188. The Morgan fingerprint density at radius 1 is 1.30 bits per heavy atom. The molecule has 2 N–H and O–H groups in total. The molecule has 1 saturated carbocycles. The first-order chi connectivity index (χ1) is 10.8. The van der Waals surface area contributed by atoms with Gasteiger partial charge in [0.25, 0.3) is 5.91 Å². The summed E-state index contributed by atoms with van der Waals surface area (Å²) < 4.78 is 39.1. The Kier molecular flexibility index (Phi) is 5.61. The van der Waals surface area contributed by atoms with E-state index < -0.39 is 24.0 Å². The first-order valence-corrected chi connectivity index (χ1v) is 7.69. The number of carbonyl (C=O) groups excluding carboxylic acids is 2. The Morgan fingerprint density at radius 2 is 2.00 bits per heavy atom. The fourth-order valence-electron chi connectivity index (χ4n) is 2.98. The van der Waals surface area contributed by atoms with Gasteiger partial charge in [-0.1, -0.05) is 12.8 Å². The van der Waals surface area contributed by atoms with Gasteiger partial charge in [-0.05, 0) is 12.8 Å². The molecule has 0 bridgehead atoms. The van der Waals surface area contributed by atoms with Crippen LogP contribution >= 0.6 is 0 Å². The van der Waals surface area contributed by atoms with E-state index >= 15 is 0 Å². The van der Waals surface area contributed by atoms with Gasteiger partial charge in [-0.25, -0.2) is 5.01 Å². The van der Waals surface area contributed by atoms with E-state index in [1.807, 2.05) is 0 Å². The van der Waals surface area contributed by atoms with Gasteiger partial charge in [0.05, 0.1) is 19.1 Å². The van der Waals surface area contributed by atoms with Gasteiger partial charge in [0.1, 0.15) is 5.71 Å². The maximum Gasteiger partial charge on any atom is 0.393 e. The maximum absolute atomic E-state index is 13.0. The fraction of sp³-hybridized carbons (Fsp3) is 0.786. The van der Waals surface area contributed by atoms with Crippen LogP contribution in [0.5, 0.6) is 0 Å². The molecule has 0 saturated heterocycles. The quantitative estimate of drug-likeness (QED) is 0.810. The van der Waals surface area contributed by atoms with Gasteiger partial charge in [-0.15, -0.1) is 0 Å². The summed E-state index contributed by atoms with van der Waals surface area (Å²) in [5, 5.41) is 16.1. The van der Waals surface area contributed by atoms with Crippen LogP contribution in [0.1, 0.15) is 38.5 Å². The second kappa shape index (κ2) is 7.29. The van der Waals surface area contributed by atoms with Crippen LogP contribution in [-0.4, -0.2) is 53.0 Å². The molecule has 23 heavy (non-hydrogen) atoms. The molecule has 0 aromatic rings. The molecule has 2 atom stereocenters. The molecule has 0 spiro atoms. The van der Waals surface area contributed by atoms with Crippen LogP contribution in [0.4, 0.5) is 13.2 Å². The molecule has 1 fully saturated rings. The Bertz CT molecular complexity index is 493. The van der Waals surface area contributed by atoms with Crippen LogP contribution in [0, 0.1) is 5.92 Å². The summed E-state index contributed by atoms with van der Waals surface area (Å²) in [7, 11) is 0. The van der Waals surface area contributed by atoms with Gasteiger partial charge in [0, 0.05) is 18.9 Å². The molecular formula is C14H20F3N3O3. The third-order valence-corrected chi connectivity index (χ3v) is 4.18. The zero-order valence-electron chi connectivity index (χ0n) is 12.6. The standard InChI is InChI=1S/C14H20F3N3O3/c15-14(16,17)9-3-1-2-4-10(9)18-13(23)11-5-6-12(22)20(19-11)7-8-21/h9-10,21H,1-8H2,(H,18,23)/t9-,10+/m1/s1. The van der Waals surface area contributed by atoms with E-state index in [0.29, 0.717) is 12.8 Å². The highest BCUT2D eigenvalue weighted by atomic mass is 19.4. The van der Waals surface area contributed by atoms with E-state index in [0.717, 1.165) is 5.01 Å². The monoisotopic (exact) mass is 335 g/mol. The first kappa shape index (κ1) is 17.7. The molecule has 0 aromatic heterocycles. The molecule has 130 valence electrons. The summed E-state index contributed by atoms with van der Waals surface area (Å²) in [4.78, 5) is 23.7. The molecule has 2 aliphatic rings. The minimum Gasteiger partial charge on any atom is -0.394 e. The largest absolute Gasteiger partial charge is 0.394 e. The molecule has 2 amide bonds. The topological polar surface area (TPSA) is 82.0 Å². The number of hydrazone groups is 1. The number of rotatable bonds is 4. The third kappa shape index (κ3) is 4.43. The van der Waals surface area contributed by atoms with Crippen LogP contribution in [-0.2, 0) is 9.59 Å². The van der Waals surface area contributed by atoms with Crippen LogP contribution < -0.4 is 5.32 Å². The highest BCUT2D eigenvalue weighted by Crippen LogP contribution is 2.37. The third-order valence-electron chi connectivity index (χ3n) is 4.18. The minimum atomic E-state index is -4.34. The van der Waals surface area contributed by atoms with Crippen molar-refractivity contribution >= 4 is 17.5 Å². The highest BCUT2D eigenvalue weighted by Gasteiger charge is 2.46. The van der Waals surface area contributed by atoms with Crippen molar-refractivity contribution in [1.82, 2.24) is 10.3 Å². The van der Waals surface area contributed by atoms with Gasteiger partial charge in [0.2, 0.25) is 5.91 Å². The number of alkyl halides is 3. The molecule has 9 heteroatoms. The molecule has 1 heterocycles. The summed E-state index contributed by atoms with van der Waals surface area (Å²) in [6.45, 7) is -0.340. The molecule has 1 aliphatic carbocycles. The smallest absolute Gasteiger partial charge is 0.393 e. The van der Waals surface area contributed by atoms with E-state index in [1.54, 1.807) is 0 Å². The molecule has 0 radical (unpaired) electrons. The van der Waals surface area contributed by atoms with Crippen molar-refractivity contribution in [1.29, 1.82) is 0 Å². The summed E-state index contributed by atoms with van der Waals surface area (Å²) in [6.07, 6.45) is -2.77. The number of carbonyl (C=O) groups is 2. The predicted molar refractivity (Wildman–Crippen MR) is 75.4 cm³/mol. The Labute approximate surface area is 131 Å². The molecule has 0 unspecified atom stereocenters. The normalized spacial score (nSPS) is 26.0. The number of nitrogens with one attached hydrogen (secondary N) is 1. The first-order valence-electron chi connectivity index (χ1n) is 7.69. The number of aliphatic hydroxyl groups excluding tert-OH is 1. The SMILES string of the molecule is O=C(N[C@H]1CCCC[C@H]1C(F)(F)F)C1=NN(CCO)C(=O)CC1. The van der Waals surface area contributed by atoms with Crippen LogP contribution in [0.3, 0.4) is 0 Å². The fourth-order valence-corrected chi connectivity index (χ4v) is 2.98. The van der Waals surface area contributed by atoms with Crippen molar-refractivity contribution < 1.29 is 27.9 Å². The van der Waals surface area contributed by atoms with E-state index in [4.69, 9.17) is 5.11 Å². The second-order valence-electron chi connectivity index (χ2n) is 5.80. The van der Waals surface area contributed by atoms with Crippen molar-refractivity contribution in [2.45, 2.75) is 50.7 Å². The number of aliphatic hydroxyl groups is 1. The predicted octanol–water partition coefficient (Wildman–Crippen LogP) is 1.19. The lowest BCUT2D eigenvalue weighted by atomic mass is 9.84. The van der Waals surface area contributed by atoms with Gasteiger partial charge in [-0.2, -0.15) is 18.3 Å². The van der Waals surface area contributed by atoms with Crippen LogP contribution in [0.2, 0.25) is 0 Å². The zero-order valence-corrected chi connectivity index (χ0v) is 12.6. The number of hydrogen-bond donors (Lipinski definition) is 2. The molecular weight excluding hydrogens is 315 g/mol. The average Bonchev–Trinajstić information content (AvgIpc) is 2.49. The van der Waals surface area contributed by atoms with E-state index in [9.17, 15) is 22.8 Å². The van der Waals surface area contributed by atoms with Gasteiger partial charge in [0.15, 0.2) is 0 Å². The van der Waals surface area contributed by atoms with Gasteiger partial charge >= 0.3 is 6.18 Å². The van der Waals surface area contributed by atoms with E-state index in [2.05, 4.69) is 10.4 Å². The summed E-state index contributed by atoms with van der Waals surface area (Å²) in [5.74, 6) is -2.53. The van der Waals surface area contributed by atoms with Crippen molar-refractivity contribution in [3.8, 4) is 0 Å². The average molecular weight is 335 g/mol. The Morgan fingerprint density at radius 3 is 2.65 bits per heavy atom. The lowest BCUT2D eigenvalue weighted by Gasteiger charge is -2.34. The number of nitrogens with zero attached hydrogens (tertiary/aromatic N) is 2. The van der Waals surface area contributed by atoms with Crippen molar-refractivity contribution in [2.24, 2.45) is 11.0 Å². The van der Waals surface area contributed by atoms with E-state index in [-0.39, 0.29) is 50.5 Å². The van der Waals surface area contributed by atoms with Crippen LogP contribution in [0.15, 0.2) is 5.10 Å². The van der Waals surface area contributed by atoms with Gasteiger partial charge in [-0.3, -0.25) is 9.59 Å². The second-order valence-corrected chi connectivity index (χ2v) is 5.80. The lowest BCUT2D eigenvalue weighted by Crippen LogP contribution is -2.50. The number of amides is 2. The van der Waals surface area contributed by atoms with Crippen molar-refractivity contribution in [3.05, 3.63) is 0 Å². The summed E-state index contributed by atoms with van der Waals surface area (Å²) in [5.41, 5.74) is 0.0320. The minimum absolute atomic E-state index is 0.00997. The number of hydrogen-bond acceptors (Lipinski definition) is 4. The van der Waals surface area contributed by atoms with Crippen LogP contribution in [0.25, 0.3) is 0 Å². The molecule has 6 nitrogen and oxygen atoms in total. The van der Waals surface area contributed by atoms with Crippen molar-refractivity contribution in [3.63, 3.8) is 0 Å². The summed E-state index contributed by atoms with van der Waals surface area (Å²) >= 11 is 0. The Hall–Kier alpha value is -1.64. The van der Waals surface area contributed by atoms with E-state index in [1.165, 1.54) is 0 Å². The highest BCUT2D eigenvalue weighted by molar-refractivity contribution is 6.39. The molecule has 0 aromatic carbocycles.